The number of nitrogens with two attached hydrogens (primary N) is 2. The highest BCUT2D eigenvalue weighted by Gasteiger charge is 2.22. The number of nitrogen functional groups attached to an aromatic ring is 2. The number of hydrogen-bond donors (Lipinski definition) is 6. The third kappa shape index (κ3) is 5.68. The van der Waals surface area contributed by atoms with Crippen molar-refractivity contribution in [2.75, 3.05) is 11.5 Å². The largest absolute Gasteiger partial charge is 0.506 e. The maximum Gasteiger partial charge on any atom is 0.298 e. The van der Waals surface area contributed by atoms with E-state index in [2.05, 4.69) is 0 Å². The van der Waals surface area contributed by atoms with Gasteiger partial charge < -0.3 is 21.7 Å². The van der Waals surface area contributed by atoms with Crippen LogP contribution in [0.5, 0.6) is 11.5 Å². The zero-order chi connectivity index (χ0) is 21.2. The van der Waals surface area contributed by atoms with Gasteiger partial charge in [-0.25, -0.2) is 0 Å². The number of benzene rings is 2. The van der Waals surface area contributed by atoms with Crippen molar-refractivity contribution in [1.29, 1.82) is 0 Å². The summed E-state index contributed by atoms with van der Waals surface area (Å²) in [6.45, 7) is 0. The SMILES string of the molecule is Nc1cc(S(=O)(=O)O)ccc1O.Nc1cc([N+](=O)[O-])cc(S(=O)(=O)O)c1O. The average molecular weight is 423 g/mol. The Bertz CT molecular complexity index is 1100. The number of non-ortho nitro benzene ring substituents is 1. The molecule has 2 aromatic carbocycles. The van der Waals surface area contributed by atoms with Crippen molar-refractivity contribution < 1.29 is 41.1 Å². The van der Waals surface area contributed by atoms with Gasteiger partial charge >= 0.3 is 0 Å². The Labute approximate surface area is 152 Å². The summed E-state index contributed by atoms with van der Waals surface area (Å²) in [5.74, 6) is -1.13. The minimum atomic E-state index is -4.75. The Kier molecular flexibility index (Phi) is 6.18. The number of nitro groups is 1. The van der Waals surface area contributed by atoms with Crippen LogP contribution >= 0.6 is 0 Å². The number of aromatic hydroxyl groups is 2. The maximum absolute atomic E-state index is 10.7. The highest BCUT2D eigenvalue weighted by Crippen LogP contribution is 2.33. The predicted octanol–water partition coefficient (Wildman–Crippen LogP) is 0.350. The van der Waals surface area contributed by atoms with Gasteiger partial charge in [0.2, 0.25) is 0 Å². The lowest BCUT2D eigenvalue weighted by molar-refractivity contribution is -0.385. The number of nitro benzene ring substituents is 1. The average Bonchev–Trinajstić information content (AvgIpc) is 2.50. The monoisotopic (exact) mass is 423 g/mol. The lowest BCUT2D eigenvalue weighted by atomic mass is 10.2. The molecule has 0 aliphatic heterocycles. The standard InChI is InChI=1S/C6H6N2O6S.C6H7NO4S/c7-4-1-3(8(10)11)2-5(6(4)9)15(12,13)14;7-5-3-4(12(9,10)11)1-2-6(5)8/h1-2,9H,7H2,(H,12,13,14);1-3,8H,7H2,(H,9,10,11). The van der Waals surface area contributed by atoms with Crippen molar-refractivity contribution in [3.8, 4) is 11.5 Å². The molecule has 0 aliphatic carbocycles. The summed E-state index contributed by atoms with van der Waals surface area (Å²) in [5.41, 5.74) is 9.08. The summed E-state index contributed by atoms with van der Waals surface area (Å²) >= 11 is 0. The molecule has 0 bridgehead atoms. The fourth-order valence-electron chi connectivity index (χ4n) is 1.61. The number of phenols is 2. The molecule has 2 rings (SSSR count). The van der Waals surface area contributed by atoms with Gasteiger partial charge in [-0.2, -0.15) is 16.8 Å². The van der Waals surface area contributed by atoms with Crippen molar-refractivity contribution in [2.24, 2.45) is 0 Å². The highest BCUT2D eigenvalue weighted by atomic mass is 32.2. The molecule has 13 nitrogen and oxygen atoms in total. The van der Waals surface area contributed by atoms with Crippen LogP contribution in [0.1, 0.15) is 0 Å². The fraction of sp³-hybridized carbons (Fsp3) is 0. The number of rotatable bonds is 3. The second kappa shape index (κ2) is 7.62. The molecular formula is C12H13N3O10S2. The van der Waals surface area contributed by atoms with E-state index in [1.165, 1.54) is 0 Å². The van der Waals surface area contributed by atoms with Gasteiger partial charge in [0, 0.05) is 12.1 Å². The first-order valence-corrected chi connectivity index (χ1v) is 9.33. The first kappa shape index (κ1) is 21.9. The Morgan fingerprint density at radius 2 is 1.44 bits per heavy atom. The molecular weight excluding hydrogens is 410 g/mol. The summed E-state index contributed by atoms with van der Waals surface area (Å²) in [4.78, 5) is 8.11. The van der Waals surface area contributed by atoms with Crippen LogP contribution in [0, 0.1) is 10.1 Å². The first-order chi connectivity index (χ1) is 12.1. The molecule has 0 heterocycles. The van der Waals surface area contributed by atoms with Crippen LogP contribution in [0.3, 0.4) is 0 Å². The van der Waals surface area contributed by atoms with Crippen molar-refractivity contribution in [3.05, 3.63) is 40.4 Å². The lowest BCUT2D eigenvalue weighted by Gasteiger charge is -2.03. The molecule has 0 aromatic heterocycles. The molecule has 0 saturated carbocycles. The number of phenolic OH excluding ortho intramolecular Hbond substituents is 2. The van der Waals surface area contributed by atoms with Gasteiger partial charge in [-0.05, 0) is 18.2 Å². The molecule has 15 heteroatoms. The second-order valence-corrected chi connectivity index (χ2v) is 7.62. The Balaban J connectivity index is 0.000000277. The Morgan fingerprint density at radius 3 is 1.85 bits per heavy atom. The number of hydrogen-bond acceptors (Lipinski definition) is 10. The van der Waals surface area contributed by atoms with Crippen molar-refractivity contribution in [1.82, 2.24) is 0 Å². The molecule has 0 amide bonds. The first-order valence-electron chi connectivity index (χ1n) is 6.45. The molecule has 148 valence electrons. The van der Waals surface area contributed by atoms with E-state index < -0.39 is 47.2 Å². The topological polar surface area (TPSA) is 244 Å². The van der Waals surface area contributed by atoms with Crippen molar-refractivity contribution in [3.63, 3.8) is 0 Å². The molecule has 2 aromatic rings. The normalized spacial score (nSPS) is 11.3. The zero-order valence-corrected chi connectivity index (χ0v) is 14.7. The van der Waals surface area contributed by atoms with E-state index in [1.807, 2.05) is 0 Å². The van der Waals surface area contributed by atoms with Gasteiger partial charge in [-0.3, -0.25) is 19.2 Å². The van der Waals surface area contributed by atoms with Crippen LogP contribution in [-0.2, 0) is 20.2 Å². The Morgan fingerprint density at radius 1 is 0.889 bits per heavy atom. The van der Waals surface area contributed by atoms with Crippen LogP contribution in [0.4, 0.5) is 17.1 Å². The van der Waals surface area contributed by atoms with Crippen LogP contribution < -0.4 is 11.5 Å². The van der Waals surface area contributed by atoms with Gasteiger partial charge in [-0.1, -0.05) is 0 Å². The van der Waals surface area contributed by atoms with E-state index in [4.69, 9.17) is 30.8 Å². The highest BCUT2D eigenvalue weighted by molar-refractivity contribution is 7.86. The Hall–Kier alpha value is -3.14. The van der Waals surface area contributed by atoms with Gasteiger partial charge in [-0.15, -0.1) is 0 Å². The second-order valence-electron chi connectivity index (χ2n) is 4.81. The molecule has 0 fully saturated rings. The summed E-state index contributed by atoms with van der Waals surface area (Å²) < 4.78 is 59.6. The third-order valence-corrected chi connectivity index (χ3v) is 4.59. The van der Waals surface area contributed by atoms with E-state index >= 15 is 0 Å². The summed E-state index contributed by atoms with van der Waals surface area (Å²) in [6, 6.07) is 4.43. The molecule has 0 atom stereocenters. The minimum absolute atomic E-state index is 0.0925. The third-order valence-electron chi connectivity index (χ3n) is 2.87. The minimum Gasteiger partial charge on any atom is -0.506 e. The van der Waals surface area contributed by atoms with Gasteiger partial charge in [0.25, 0.3) is 25.9 Å². The molecule has 8 N–H and O–H groups in total. The lowest BCUT2D eigenvalue weighted by Crippen LogP contribution is -2.02. The zero-order valence-electron chi connectivity index (χ0n) is 13.0. The quantitative estimate of drug-likeness (QED) is 0.129. The van der Waals surface area contributed by atoms with Crippen LogP contribution in [0.15, 0.2) is 40.1 Å². The van der Waals surface area contributed by atoms with E-state index in [0.29, 0.717) is 6.07 Å². The number of anilines is 2. The van der Waals surface area contributed by atoms with Gasteiger partial charge in [0.05, 0.1) is 21.2 Å². The number of nitrogens with zero attached hydrogens (tertiary/aromatic N) is 1. The van der Waals surface area contributed by atoms with E-state index in [9.17, 15) is 26.9 Å². The molecule has 0 unspecified atom stereocenters. The summed E-state index contributed by atoms with van der Waals surface area (Å²) in [6.07, 6.45) is 0. The van der Waals surface area contributed by atoms with Crippen molar-refractivity contribution in [2.45, 2.75) is 9.79 Å². The van der Waals surface area contributed by atoms with Crippen LogP contribution in [0.25, 0.3) is 0 Å². The molecule has 0 aliphatic rings. The van der Waals surface area contributed by atoms with Crippen molar-refractivity contribution >= 4 is 37.3 Å². The van der Waals surface area contributed by atoms with E-state index in [0.717, 1.165) is 24.3 Å². The predicted molar refractivity (Wildman–Crippen MR) is 91.3 cm³/mol. The summed E-state index contributed by atoms with van der Waals surface area (Å²) in [7, 11) is -8.98. The maximum atomic E-state index is 10.7. The molecule has 0 radical (unpaired) electrons. The summed E-state index contributed by atoms with van der Waals surface area (Å²) in [5, 5.41) is 28.4. The smallest absolute Gasteiger partial charge is 0.298 e. The van der Waals surface area contributed by atoms with E-state index in [-0.39, 0.29) is 16.3 Å². The molecule has 27 heavy (non-hydrogen) atoms. The van der Waals surface area contributed by atoms with Gasteiger partial charge in [0.1, 0.15) is 10.6 Å². The molecule has 0 spiro atoms. The van der Waals surface area contributed by atoms with E-state index in [1.54, 1.807) is 0 Å². The van der Waals surface area contributed by atoms with Crippen LogP contribution in [0.2, 0.25) is 0 Å². The van der Waals surface area contributed by atoms with Crippen LogP contribution in [-0.4, -0.2) is 41.1 Å². The molecule has 0 saturated heterocycles. The fourth-order valence-corrected chi connectivity index (χ4v) is 2.76. The van der Waals surface area contributed by atoms with Gasteiger partial charge in [0.15, 0.2) is 5.75 Å².